The highest BCUT2D eigenvalue weighted by atomic mass is 16.1. The van der Waals surface area contributed by atoms with E-state index in [0.717, 1.165) is 19.3 Å². The Bertz CT molecular complexity index is 189. The number of Topliss-reactive ketones (excluding diaryl/α,β-unsaturated/α-hetero) is 1. The Kier molecular flexibility index (Phi) is 6.82. The second-order valence-electron chi connectivity index (χ2n) is 4.86. The first-order chi connectivity index (χ1) is 6.95. The predicted molar refractivity (Wildman–Crippen MR) is 65.7 cm³/mol. The SMILES string of the molecule is CCC[C@H](C)[C@H](C(=O)[C@@H](C)CC)C(C)N. The van der Waals surface area contributed by atoms with E-state index in [1.807, 2.05) is 13.8 Å². The van der Waals surface area contributed by atoms with Crippen LogP contribution in [0.3, 0.4) is 0 Å². The summed E-state index contributed by atoms with van der Waals surface area (Å²) in [5.41, 5.74) is 5.94. The van der Waals surface area contributed by atoms with E-state index >= 15 is 0 Å². The Morgan fingerprint density at radius 1 is 1.20 bits per heavy atom. The van der Waals surface area contributed by atoms with Crippen molar-refractivity contribution >= 4 is 5.78 Å². The van der Waals surface area contributed by atoms with Gasteiger partial charge in [-0.1, -0.05) is 40.5 Å². The van der Waals surface area contributed by atoms with Crippen LogP contribution in [0.15, 0.2) is 0 Å². The molecule has 90 valence electrons. The smallest absolute Gasteiger partial charge is 0.140 e. The summed E-state index contributed by atoms with van der Waals surface area (Å²) in [6.45, 7) is 10.3. The van der Waals surface area contributed by atoms with Gasteiger partial charge in [0, 0.05) is 17.9 Å². The van der Waals surface area contributed by atoms with Crippen LogP contribution in [0.2, 0.25) is 0 Å². The zero-order valence-electron chi connectivity index (χ0n) is 10.9. The summed E-state index contributed by atoms with van der Waals surface area (Å²) >= 11 is 0. The van der Waals surface area contributed by atoms with Crippen LogP contribution in [-0.4, -0.2) is 11.8 Å². The molecule has 4 atom stereocenters. The molecule has 0 aliphatic rings. The maximum atomic E-state index is 12.2. The second-order valence-corrected chi connectivity index (χ2v) is 4.86. The minimum atomic E-state index is -0.0203. The van der Waals surface area contributed by atoms with Gasteiger partial charge in [-0.2, -0.15) is 0 Å². The molecule has 2 N–H and O–H groups in total. The number of nitrogens with two attached hydrogens (primary N) is 1. The summed E-state index contributed by atoms with van der Waals surface area (Å²) in [7, 11) is 0. The lowest BCUT2D eigenvalue weighted by Crippen LogP contribution is -2.39. The molecular formula is C13H27NO. The summed E-state index contributed by atoms with van der Waals surface area (Å²) in [6, 6.07) is -0.0203. The fraction of sp³-hybridized carbons (Fsp3) is 0.923. The van der Waals surface area contributed by atoms with Gasteiger partial charge in [-0.25, -0.2) is 0 Å². The summed E-state index contributed by atoms with van der Waals surface area (Å²) in [4.78, 5) is 12.2. The molecule has 0 aromatic carbocycles. The van der Waals surface area contributed by atoms with E-state index in [0.29, 0.717) is 11.7 Å². The van der Waals surface area contributed by atoms with E-state index in [9.17, 15) is 4.79 Å². The van der Waals surface area contributed by atoms with Crippen LogP contribution in [0.25, 0.3) is 0 Å². The van der Waals surface area contributed by atoms with Crippen molar-refractivity contribution in [1.82, 2.24) is 0 Å². The van der Waals surface area contributed by atoms with Gasteiger partial charge in [-0.05, 0) is 19.3 Å². The van der Waals surface area contributed by atoms with Gasteiger partial charge in [0.25, 0.3) is 0 Å². The van der Waals surface area contributed by atoms with Gasteiger partial charge in [0.05, 0.1) is 0 Å². The molecule has 0 heterocycles. The van der Waals surface area contributed by atoms with Gasteiger partial charge in [0.15, 0.2) is 0 Å². The highest BCUT2D eigenvalue weighted by molar-refractivity contribution is 5.83. The number of ketones is 1. The van der Waals surface area contributed by atoms with Crippen molar-refractivity contribution in [2.45, 2.75) is 59.9 Å². The predicted octanol–water partition coefficient (Wildman–Crippen LogP) is 3.00. The van der Waals surface area contributed by atoms with E-state index in [2.05, 4.69) is 20.8 Å². The van der Waals surface area contributed by atoms with Crippen LogP contribution in [-0.2, 0) is 4.79 Å². The van der Waals surface area contributed by atoms with Crippen molar-refractivity contribution in [3.05, 3.63) is 0 Å². The highest BCUT2D eigenvalue weighted by Gasteiger charge is 2.30. The van der Waals surface area contributed by atoms with Crippen molar-refractivity contribution in [1.29, 1.82) is 0 Å². The molecule has 0 aliphatic carbocycles. The lowest BCUT2D eigenvalue weighted by Gasteiger charge is -2.28. The van der Waals surface area contributed by atoms with Gasteiger partial charge in [0.2, 0.25) is 0 Å². The summed E-state index contributed by atoms with van der Waals surface area (Å²) in [5, 5.41) is 0. The van der Waals surface area contributed by atoms with Crippen molar-refractivity contribution in [3.63, 3.8) is 0 Å². The molecule has 0 aliphatic heterocycles. The molecule has 0 rings (SSSR count). The first-order valence-electron chi connectivity index (χ1n) is 6.24. The molecule has 1 unspecified atom stereocenters. The topological polar surface area (TPSA) is 43.1 Å². The zero-order chi connectivity index (χ0) is 12.0. The molecule has 0 bridgehead atoms. The summed E-state index contributed by atoms with van der Waals surface area (Å²) < 4.78 is 0. The normalized spacial score (nSPS) is 19.3. The van der Waals surface area contributed by atoms with E-state index in [4.69, 9.17) is 5.73 Å². The van der Waals surface area contributed by atoms with Crippen molar-refractivity contribution in [2.75, 3.05) is 0 Å². The third kappa shape index (κ3) is 4.33. The molecule has 2 heteroatoms. The Hall–Kier alpha value is -0.370. The molecule has 0 aromatic heterocycles. The number of hydrogen-bond donors (Lipinski definition) is 1. The lowest BCUT2D eigenvalue weighted by molar-refractivity contribution is -0.128. The monoisotopic (exact) mass is 213 g/mol. The van der Waals surface area contributed by atoms with Crippen molar-refractivity contribution in [2.24, 2.45) is 23.5 Å². The minimum absolute atomic E-state index is 0.0203. The third-order valence-corrected chi connectivity index (χ3v) is 3.35. The highest BCUT2D eigenvalue weighted by Crippen LogP contribution is 2.24. The maximum Gasteiger partial charge on any atom is 0.140 e. The van der Waals surface area contributed by atoms with Gasteiger partial charge in [-0.15, -0.1) is 0 Å². The zero-order valence-corrected chi connectivity index (χ0v) is 10.9. The van der Waals surface area contributed by atoms with Crippen LogP contribution >= 0.6 is 0 Å². The van der Waals surface area contributed by atoms with Crippen LogP contribution in [0.1, 0.15) is 53.9 Å². The molecule has 0 fully saturated rings. The van der Waals surface area contributed by atoms with Gasteiger partial charge >= 0.3 is 0 Å². The molecule has 0 aromatic rings. The largest absolute Gasteiger partial charge is 0.327 e. The Morgan fingerprint density at radius 2 is 1.73 bits per heavy atom. The fourth-order valence-corrected chi connectivity index (χ4v) is 2.22. The maximum absolute atomic E-state index is 12.2. The van der Waals surface area contributed by atoms with Gasteiger partial charge in [0.1, 0.15) is 5.78 Å². The summed E-state index contributed by atoms with van der Waals surface area (Å²) in [6.07, 6.45) is 3.13. The Labute approximate surface area is 94.6 Å². The fourth-order valence-electron chi connectivity index (χ4n) is 2.22. The van der Waals surface area contributed by atoms with Crippen molar-refractivity contribution < 1.29 is 4.79 Å². The van der Waals surface area contributed by atoms with E-state index in [1.165, 1.54) is 0 Å². The Balaban J connectivity index is 4.58. The quantitative estimate of drug-likeness (QED) is 0.706. The first-order valence-corrected chi connectivity index (χ1v) is 6.24. The summed E-state index contributed by atoms with van der Waals surface area (Å²) in [5.74, 6) is 0.963. The third-order valence-electron chi connectivity index (χ3n) is 3.35. The number of carbonyl (C=O) groups is 1. The molecule has 0 radical (unpaired) electrons. The number of hydrogen-bond acceptors (Lipinski definition) is 2. The molecule has 0 saturated heterocycles. The van der Waals surface area contributed by atoms with Gasteiger partial charge < -0.3 is 5.73 Å². The van der Waals surface area contributed by atoms with E-state index in [-0.39, 0.29) is 17.9 Å². The van der Waals surface area contributed by atoms with Crippen LogP contribution in [0, 0.1) is 17.8 Å². The Morgan fingerprint density at radius 3 is 2.07 bits per heavy atom. The molecule has 2 nitrogen and oxygen atoms in total. The molecule has 0 saturated carbocycles. The molecular weight excluding hydrogens is 186 g/mol. The van der Waals surface area contributed by atoms with Crippen LogP contribution in [0.5, 0.6) is 0 Å². The standard InChI is InChI=1S/C13H27NO/c1-6-8-10(4)12(11(5)14)13(15)9(3)7-2/h9-12H,6-8,14H2,1-5H3/t9-,10-,11?,12-/m0/s1. The van der Waals surface area contributed by atoms with E-state index in [1.54, 1.807) is 0 Å². The van der Waals surface area contributed by atoms with Crippen LogP contribution < -0.4 is 5.73 Å². The first kappa shape index (κ1) is 14.6. The van der Waals surface area contributed by atoms with Gasteiger partial charge in [-0.3, -0.25) is 4.79 Å². The minimum Gasteiger partial charge on any atom is -0.327 e. The van der Waals surface area contributed by atoms with Crippen molar-refractivity contribution in [3.8, 4) is 0 Å². The second kappa shape index (κ2) is 7.00. The molecule has 0 spiro atoms. The molecule has 0 amide bonds. The number of carbonyl (C=O) groups excluding carboxylic acids is 1. The van der Waals surface area contributed by atoms with Crippen LogP contribution in [0.4, 0.5) is 0 Å². The van der Waals surface area contributed by atoms with E-state index < -0.39 is 0 Å². The average Bonchev–Trinajstić information content (AvgIpc) is 2.16. The number of rotatable bonds is 7. The lowest BCUT2D eigenvalue weighted by atomic mass is 9.78. The average molecular weight is 213 g/mol. The molecule has 15 heavy (non-hydrogen) atoms.